The lowest BCUT2D eigenvalue weighted by atomic mass is 10.2. The highest BCUT2D eigenvalue weighted by molar-refractivity contribution is 7.84. The van der Waals surface area contributed by atoms with Gasteiger partial charge >= 0.3 is 6.18 Å². The maximum atomic E-state index is 11.9. The zero-order valence-electron chi connectivity index (χ0n) is 11.0. The molecule has 1 aromatic heterocycles. The maximum Gasteiger partial charge on any atom is 0.405 e. The summed E-state index contributed by atoms with van der Waals surface area (Å²) < 4.78 is 47.3. The average molecular weight is 328 g/mol. The second-order valence-electron chi connectivity index (χ2n) is 4.45. The molecule has 9 heteroatoms. The fourth-order valence-corrected chi connectivity index (χ4v) is 3.18. The smallest absolute Gasteiger partial charge is 0.346 e. The zero-order valence-corrected chi connectivity index (χ0v) is 12.6. The number of hydrogen-bond donors (Lipinski definition) is 1. The van der Waals surface area contributed by atoms with E-state index in [1.54, 1.807) is 10.7 Å². The van der Waals surface area contributed by atoms with E-state index in [0.717, 1.165) is 5.01 Å². The predicted molar refractivity (Wildman–Crippen MR) is 72.0 cm³/mol. The van der Waals surface area contributed by atoms with E-state index in [4.69, 9.17) is 0 Å². The number of nitrogens with zero attached hydrogens (tertiary/aromatic N) is 1. The molecule has 1 heterocycles. The monoisotopic (exact) mass is 328 g/mol. The Kier molecular flexibility index (Phi) is 6.12. The van der Waals surface area contributed by atoms with Crippen LogP contribution in [0, 0.1) is 0 Å². The third-order valence-electron chi connectivity index (χ3n) is 2.15. The number of nitrogens with one attached hydrogen (secondary N) is 1. The van der Waals surface area contributed by atoms with Gasteiger partial charge in [-0.25, -0.2) is 4.98 Å². The van der Waals surface area contributed by atoms with Crippen molar-refractivity contribution in [3.8, 4) is 0 Å². The fraction of sp³-hybridized carbons (Fsp3) is 0.636. The molecule has 0 aliphatic rings. The van der Waals surface area contributed by atoms with Crippen LogP contribution >= 0.6 is 11.3 Å². The van der Waals surface area contributed by atoms with Gasteiger partial charge < -0.3 is 5.32 Å². The van der Waals surface area contributed by atoms with Gasteiger partial charge in [0.1, 0.15) is 12.3 Å². The lowest BCUT2D eigenvalue weighted by Crippen LogP contribution is -2.36. The first kappa shape index (κ1) is 17.1. The van der Waals surface area contributed by atoms with Crippen molar-refractivity contribution >= 4 is 28.0 Å². The average Bonchev–Trinajstić information content (AvgIpc) is 2.74. The Morgan fingerprint density at radius 1 is 1.50 bits per heavy atom. The number of rotatable bonds is 6. The number of alkyl halides is 3. The van der Waals surface area contributed by atoms with Gasteiger partial charge in [-0.15, -0.1) is 11.3 Å². The van der Waals surface area contributed by atoms with Gasteiger partial charge in [0.2, 0.25) is 5.91 Å². The van der Waals surface area contributed by atoms with Crippen molar-refractivity contribution in [2.45, 2.75) is 31.7 Å². The van der Waals surface area contributed by atoms with Crippen molar-refractivity contribution in [2.24, 2.45) is 0 Å². The van der Waals surface area contributed by atoms with Crippen LogP contribution < -0.4 is 5.32 Å². The van der Waals surface area contributed by atoms with Gasteiger partial charge in [-0.1, -0.05) is 13.8 Å². The molecule has 0 fully saturated rings. The molecule has 4 nitrogen and oxygen atoms in total. The van der Waals surface area contributed by atoms with Crippen LogP contribution in [0.1, 0.15) is 30.5 Å². The summed E-state index contributed by atoms with van der Waals surface area (Å²) in [6, 6.07) is 0. The summed E-state index contributed by atoms with van der Waals surface area (Å²) in [5.74, 6) is -0.995. The van der Waals surface area contributed by atoms with Gasteiger partial charge in [0.25, 0.3) is 0 Å². The number of carbonyl (C=O) groups is 1. The second kappa shape index (κ2) is 7.16. The summed E-state index contributed by atoms with van der Waals surface area (Å²) in [5.41, 5.74) is 0.598. The van der Waals surface area contributed by atoms with Gasteiger partial charge in [0.05, 0.1) is 16.5 Å². The quantitative estimate of drug-likeness (QED) is 0.871. The SMILES string of the molecule is CC(C)c1nc(CS(=O)CC(=O)NCC(F)(F)F)cs1. The van der Waals surface area contributed by atoms with Crippen LogP contribution in [0.5, 0.6) is 0 Å². The summed E-state index contributed by atoms with van der Waals surface area (Å²) in [7, 11) is -1.56. The van der Waals surface area contributed by atoms with Crippen molar-refractivity contribution in [2.75, 3.05) is 12.3 Å². The molecule has 1 N–H and O–H groups in total. The number of carbonyl (C=O) groups excluding carboxylic acids is 1. The minimum absolute atomic E-state index is 0.0721. The molecule has 1 atom stereocenters. The summed E-state index contributed by atoms with van der Waals surface area (Å²) in [4.78, 5) is 15.4. The summed E-state index contributed by atoms with van der Waals surface area (Å²) in [6.07, 6.45) is -4.46. The van der Waals surface area contributed by atoms with Crippen molar-refractivity contribution in [3.63, 3.8) is 0 Å². The topological polar surface area (TPSA) is 59.1 Å². The van der Waals surface area contributed by atoms with Gasteiger partial charge in [0, 0.05) is 22.1 Å². The molecule has 0 saturated carbocycles. The molecule has 0 spiro atoms. The molecule has 0 saturated heterocycles. The molecule has 0 radical (unpaired) electrons. The van der Waals surface area contributed by atoms with Crippen LogP contribution in [0.15, 0.2) is 5.38 Å². The third-order valence-corrected chi connectivity index (χ3v) is 4.55. The Morgan fingerprint density at radius 3 is 2.65 bits per heavy atom. The number of halogens is 3. The maximum absolute atomic E-state index is 11.9. The predicted octanol–water partition coefficient (Wildman–Crippen LogP) is 2.19. The Morgan fingerprint density at radius 2 is 2.15 bits per heavy atom. The largest absolute Gasteiger partial charge is 0.405 e. The molecule has 114 valence electrons. The van der Waals surface area contributed by atoms with Crippen molar-refractivity contribution in [3.05, 3.63) is 16.1 Å². The number of aromatic nitrogens is 1. The first-order valence-corrected chi connectivity index (χ1v) is 8.17. The van der Waals surface area contributed by atoms with E-state index >= 15 is 0 Å². The number of thiazole rings is 1. The van der Waals surface area contributed by atoms with E-state index in [2.05, 4.69) is 4.98 Å². The van der Waals surface area contributed by atoms with E-state index in [1.807, 2.05) is 13.8 Å². The van der Waals surface area contributed by atoms with Crippen LogP contribution in [0.2, 0.25) is 0 Å². The lowest BCUT2D eigenvalue weighted by Gasteiger charge is -2.07. The van der Waals surface area contributed by atoms with Crippen LogP contribution in [0.25, 0.3) is 0 Å². The Bertz CT molecular complexity index is 486. The van der Waals surface area contributed by atoms with E-state index in [9.17, 15) is 22.2 Å². The Balaban J connectivity index is 2.41. The molecular formula is C11H15F3N2O2S2. The molecule has 0 aromatic carbocycles. The number of hydrogen-bond acceptors (Lipinski definition) is 4. The number of amides is 1. The van der Waals surface area contributed by atoms with Crippen LogP contribution in [0.3, 0.4) is 0 Å². The summed E-state index contributed by atoms with van der Waals surface area (Å²) in [6.45, 7) is 2.55. The van der Waals surface area contributed by atoms with Crippen molar-refractivity contribution in [1.82, 2.24) is 10.3 Å². The van der Waals surface area contributed by atoms with E-state index in [0.29, 0.717) is 5.69 Å². The highest BCUT2D eigenvalue weighted by Crippen LogP contribution is 2.19. The molecular weight excluding hydrogens is 313 g/mol. The van der Waals surface area contributed by atoms with Gasteiger partial charge in [-0.05, 0) is 0 Å². The van der Waals surface area contributed by atoms with Gasteiger partial charge in [-0.2, -0.15) is 13.2 Å². The molecule has 20 heavy (non-hydrogen) atoms. The first-order valence-electron chi connectivity index (χ1n) is 5.80. The van der Waals surface area contributed by atoms with Gasteiger partial charge in [0.15, 0.2) is 0 Å². The van der Waals surface area contributed by atoms with E-state index in [-0.39, 0.29) is 11.7 Å². The highest BCUT2D eigenvalue weighted by Gasteiger charge is 2.27. The second-order valence-corrected chi connectivity index (χ2v) is 6.80. The molecule has 1 unspecified atom stereocenters. The minimum Gasteiger partial charge on any atom is -0.346 e. The van der Waals surface area contributed by atoms with Crippen LogP contribution in [0.4, 0.5) is 13.2 Å². The Hall–Kier alpha value is -0.960. The molecule has 0 bridgehead atoms. The van der Waals surface area contributed by atoms with Crippen LogP contribution in [-0.4, -0.2) is 33.6 Å². The fourth-order valence-electron chi connectivity index (χ4n) is 1.27. The van der Waals surface area contributed by atoms with E-state index < -0.39 is 35.2 Å². The Labute approximate surface area is 121 Å². The summed E-state index contributed by atoms with van der Waals surface area (Å²) >= 11 is 1.44. The van der Waals surface area contributed by atoms with Crippen LogP contribution in [-0.2, 0) is 21.3 Å². The van der Waals surface area contributed by atoms with Crippen molar-refractivity contribution < 1.29 is 22.2 Å². The molecule has 1 amide bonds. The summed E-state index contributed by atoms with van der Waals surface area (Å²) in [5, 5.41) is 4.34. The zero-order chi connectivity index (χ0) is 15.3. The lowest BCUT2D eigenvalue weighted by molar-refractivity contribution is -0.136. The third kappa shape index (κ3) is 6.47. The minimum atomic E-state index is -4.46. The van der Waals surface area contributed by atoms with Crippen molar-refractivity contribution in [1.29, 1.82) is 0 Å². The first-order chi connectivity index (χ1) is 9.17. The van der Waals surface area contributed by atoms with E-state index in [1.165, 1.54) is 11.3 Å². The molecule has 0 aliphatic carbocycles. The standard InChI is InChI=1S/C11H15F3N2O2S2/c1-7(2)10-16-8(3-19-10)4-20(18)5-9(17)15-6-11(12,13)14/h3,7H,4-6H2,1-2H3,(H,15,17). The van der Waals surface area contributed by atoms with Gasteiger partial charge in [-0.3, -0.25) is 9.00 Å². The molecule has 0 aliphatic heterocycles. The molecule has 1 rings (SSSR count). The highest BCUT2D eigenvalue weighted by atomic mass is 32.2. The molecule has 1 aromatic rings. The normalized spacial score (nSPS) is 13.5.